The molecule has 118 valence electrons. The third-order valence-corrected chi connectivity index (χ3v) is 4.50. The second-order valence-electron chi connectivity index (χ2n) is 6.41. The lowest BCUT2D eigenvalue weighted by atomic mass is 9.95. The highest BCUT2D eigenvalue weighted by molar-refractivity contribution is 5.84. The van der Waals surface area contributed by atoms with E-state index in [1.54, 1.807) is 0 Å². The Hall–Kier alpha value is -0.650. The topological polar surface area (TPSA) is 61.6 Å². The smallest absolute Gasteiger partial charge is 0.237 e. The predicted octanol–water partition coefficient (Wildman–Crippen LogP) is 0.646. The van der Waals surface area contributed by atoms with Gasteiger partial charge in [-0.25, -0.2) is 0 Å². The molecule has 1 aliphatic heterocycles. The van der Waals surface area contributed by atoms with E-state index < -0.39 is 5.54 Å². The fraction of sp³-hybridized carbons (Fsp3) is 0.933. The number of likely N-dealkylation sites (N-methyl/N-ethyl adjacent to an activating group) is 2. The zero-order valence-corrected chi connectivity index (χ0v) is 13.6. The molecule has 1 saturated heterocycles. The molecule has 20 heavy (non-hydrogen) atoms. The predicted molar refractivity (Wildman–Crippen MR) is 83.7 cm³/mol. The minimum atomic E-state index is -0.592. The zero-order chi connectivity index (χ0) is 15.2. The molecule has 1 fully saturated rings. The van der Waals surface area contributed by atoms with Crippen LogP contribution in [0.25, 0.3) is 0 Å². The van der Waals surface area contributed by atoms with E-state index in [0.29, 0.717) is 6.04 Å². The monoisotopic (exact) mass is 284 g/mol. The van der Waals surface area contributed by atoms with Gasteiger partial charge in [0.25, 0.3) is 0 Å². The van der Waals surface area contributed by atoms with Crippen molar-refractivity contribution in [1.82, 2.24) is 15.1 Å². The summed E-state index contributed by atoms with van der Waals surface area (Å²) >= 11 is 0. The van der Waals surface area contributed by atoms with Crippen LogP contribution in [0.4, 0.5) is 0 Å². The molecule has 0 aromatic rings. The molecule has 1 aliphatic rings. The second-order valence-corrected chi connectivity index (χ2v) is 6.41. The summed E-state index contributed by atoms with van der Waals surface area (Å²) in [4.78, 5) is 16.5. The molecular weight excluding hydrogens is 252 g/mol. The molecule has 0 radical (unpaired) electrons. The first-order valence-electron chi connectivity index (χ1n) is 7.82. The molecule has 0 spiro atoms. The van der Waals surface area contributed by atoms with Gasteiger partial charge in [-0.05, 0) is 59.8 Å². The summed E-state index contributed by atoms with van der Waals surface area (Å²) in [6, 6.07) is 0.594. The number of amides is 1. The number of likely N-dealkylation sites (tertiary alicyclic amines) is 1. The first-order chi connectivity index (χ1) is 9.39. The molecule has 0 aliphatic carbocycles. The highest BCUT2D eigenvalue weighted by Gasteiger charge is 2.31. The van der Waals surface area contributed by atoms with Gasteiger partial charge in [-0.1, -0.05) is 6.92 Å². The lowest BCUT2D eigenvalue weighted by Gasteiger charge is -2.37. The number of nitrogens with zero attached hydrogens (tertiary/aromatic N) is 2. The van der Waals surface area contributed by atoms with Gasteiger partial charge in [-0.15, -0.1) is 0 Å². The fourth-order valence-corrected chi connectivity index (χ4v) is 2.78. The summed E-state index contributed by atoms with van der Waals surface area (Å²) in [6.07, 6.45) is 4.27. The Morgan fingerprint density at radius 1 is 1.55 bits per heavy atom. The van der Waals surface area contributed by atoms with Crippen molar-refractivity contribution in [2.45, 2.75) is 51.1 Å². The Balaban J connectivity index is 2.47. The molecule has 2 unspecified atom stereocenters. The molecule has 0 aromatic carbocycles. The van der Waals surface area contributed by atoms with Gasteiger partial charge in [0.1, 0.15) is 0 Å². The van der Waals surface area contributed by atoms with Crippen LogP contribution in [0.2, 0.25) is 0 Å². The van der Waals surface area contributed by atoms with Crippen LogP contribution < -0.4 is 11.1 Å². The standard InChI is InChI=1S/C15H32N4O/c1-5-9-17-15(2,14(16)20)8-11-19(4)13-7-6-10-18(3)12-13/h13,17H,5-12H2,1-4H3,(H2,16,20). The lowest BCUT2D eigenvalue weighted by Crippen LogP contribution is -2.55. The van der Waals surface area contributed by atoms with Crippen molar-refractivity contribution in [2.24, 2.45) is 5.73 Å². The maximum atomic E-state index is 11.7. The van der Waals surface area contributed by atoms with E-state index in [1.807, 2.05) is 6.92 Å². The summed E-state index contributed by atoms with van der Waals surface area (Å²) in [5.41, 5.74) is 4.98. The van der Waals surface area contributed by atoms with E-state index in [-0.39, 0.29) is 5.91 Å². The number of nitrogens with two attached hydrogens (primary N) is 1. The van der Waals surface area contributed by atoms with E-state index in [4.69, 9.17) is 5.73 Å². The molecule has 5 nitrogen and oxygen atoms in total. The largest absolute Gasteiger partial charge is 0.368 e. The fourth-order valence-electron chi connectivity index (χ4n) is 2.78. The Bertz CT molecular complexity index is 310. The first kappa shape index (κ1) is 17.4. The SMILES string of the molecule is CCCNC(C)(CCN(C)C1CCCN(C)C1)C(N)=O. The maximum Gasteiger partial charge on any atom is 0.237 e. The van der Waals surface area contributed by atoms with Crippen LogP contribution in [0.1, 0.15) is 39.5 Å². The lowest BCUT2D eigenvalue weighted by molar-refractivity contribution is -0.124. The van der Waals surface area contributed by atoms with Crippen molar-refractivity contribution in [3.63, 3.8) is 0 Å². The number of hydrogen-bond acceptors (Lipinski definition) is 4. The van der Waals surface area contributed by atoms with Crippen molar-refractivity contribution >= 4 is 5.91 Å². The van der Waals surface area contributed by atoms with Crippen LogP contribution in [0.5, 0.6) is 0 Å². The number of nitrogens with one attached hydrogen (secondary N) is 1. The van der Waals surface area contributed by atoms with Crippen LogP contribution in [-0.4, -0.2) is 67.6 Å². The van der Waals surface area contributed by atoms with E-state index in [2.05, 4.69) is 36.1 Å². The third kappa shape index (κ3) is 5.04. The van der Waals surface area contributed by atoms with Gasteiger partial charge < -0.3 is 20.9 Å². The van der Waals surface area contributed by atoms with E-state index >= 15 is 0 Å². The van der Waals surface area contributed by atoms with E-state index in [9.17, 15) is 4.79 Å². The molecule has 1 amide bonds. The number of carbonyl (C=O) groups excluding carboxylic acids is 1. The molecular formula is C15H32N4O. The van der Waals surface area contributed by atoms with Crippen molar-refractivity contribution in [1.29, 1.82) is 0 Å². The van der Waals surface area contributed by atoms with Gasteiger partial charge in [0.05, 0.1) is 5.54 Å². The number of primary amides is 1. The Morgan fingerprint density at radius 2 is 2.25 bits per heavy atom. The van der Waals surface area contributed by atoms with Crippen LogP contribution in [-0.2, 0) is 4.79 Å². The Morgan fingerprint density at radius 3 is 2.80 bits per heavy atom. The van der Waals surface area contributed by atoms with E-state index in [1.165, 1.54) is 19.4 Å². The first-order valence-corrected chi connectivity index (χ1v) is 7.82. The van der Waals surface area contributed by atoms with Gasteiger partial charge in [-0.3, -0.25) is 4.79 Å². The van der Waals surface area contributed by atoms with Crippen LogP contribution in [0.3, 0.4) is 0 Å². The van der Waals surface area contributed by atoms with Gasteiger partial charge in [0.2, 0.25) is 5.91 Å². The summed E-state index contributed by atoms with van der Waals surface area (Å²) in [7, 11) is 4.33. The quantitative estimate of drug-likeness (QED) is 0.687. The van der Waals surface area contributed by atoms with Crippen LogP contribution >= 0.6 is 0 Å². The molecule has 1 rings (SSSR count). The molecule has 2 atom stereocenters. The van der Waals surface area contributed by atoms with Crippen LogP contribution in [0, 0.1) is 0 Å². The van der Waals surface area contributed by atoms with Crippen molar-refractivity contribution in [3.05, 3.63) is 0 Å². The Labute approximate surface area is 123 Å². The minimum absolute atomic E-state index is 0.250. The molecule has 3 N–H and O–H groups in total. The number of hydrogen-bond donors (Lipinski definition) is 2. The second kappa shape index (κ2) is 7.96. The van der Waals surface area contributed by atoms with Gasteiger partial charge in [0, 0.05) is 19.1 Å². The molecule has 0 saturated carbocycles. The minimum Gasteiger partial charge on any atom is -0.368 e. The summed E-state index contributed by atoms with van der Waals surface area (Å²) in [5, 5.41) is 3.30. The normalized spacial score (nSPS) is 23.8. The summed E-state index contributed by atoms with van der Waals surface area (Å²) in [6.45, 7) is 8.06. The number of rotatable bonds is 8. The zero-order valence-electron chi connectivity index (χ0n) is 13.6. The molecule has 0 aromatic heterocycles. The summed E-state index contributed by atoms with van der Waals surface area (Å²) < 4.78 is 0. The molecule has 1 heterocycles. The average molecular weight is 284 g/mol. The number of carbonyl (C=O) groups is 1. The van der Waals surface area contributed by atoms with Crippen molar-refractivity contribution < 1.29 is 4.79 Å². The van der Waals surface area contributed by atoms with Crippen molar-refractivity contribution in [3.8, 4) is 0 Å². The molecule has 5 heteroatoms. The van der Waals surface area contributed by atoms with E-state index in [0.717, 1.165) is 32.5 Å². The summed E-state index contributed by atoms with van der Waals surface area (Å²) in [5.74, 6) is -0.250. The number of piperidine rings is 1. The highest BCUT2D eigenvalue weighted by Crippen LogP contribution is 2.16. The Kier molecular flexibility index (Phi) is 6.92. The highest BCUT2D eigenvalue weighted by atomic mass is 16.1. The van der Waals surface area contributed by atoms with Gasteiger partial charge in [0.15, 0.2) is 0 Å². The maximum absolute atomic E-state index is 11.7. The van der Waals surface area contributed by atoms with Crippen LogP contribution in [0.15, 0.2) is 0 Å². The molecule has 0 bridgehead atoms. The van der Waals surface area contributed by atoms with Gasteiger partial charge in [-0.2, -0.15) is 0 Å². The van der Waals surface area contributed by atoms with Crippen molar-refractivity contribution in [2.75, 3.05) is 40.3 Å². The average Bonchev–Trinajstić information content (AvgIpc) is 2.42. The van der Waals surface area contributed by atoms with Gasteiger partial charge >= 0.3 is 0 Å². The third-order valence-electron chi connectivity index (χ3n) is 4.50.